The molecule has 124 valence electrons. The molecule has 0 aliphatic heterocycles. The highest BCUT2D eigenvalue weighted by Crippen LogP contribution is 2.15. The summed E-state index contributed by atoms with van der Waals surface area (Å²) in [5.41, 5.74) is 1.20. The Morgan fingerprint density at radius 3 is 2.57 bits per heavy atom. The maximum atomic E-state index is 12.1. The summed E-state index contributed by atoms with van der Waals surface area (Å²) in [6, 6.07) is 12.4. The molecule has 1 amide bonds. The maximum Gasteiger partial charge on any atom is 0.220 e. The Balaban J connectivity index is 1.87. The molecule has 0 radical (unpaired) electrons. The first-order valence-electron chi connectivity index (χ1n) is 7.83. The molecule has 0 aliphatic rings. The van der Waals surface area contributed by atoms with E-state index in [4.69, 9.17) is 4.74 Å². The van der Waals surface area contributed by atoms with Crippen molar-refractivity contribution in [3.63, 3.8) is 0 Å². The number of likely N-dealkylation sites (N-methyl/N-ethyl adjacent to an activating group) is 1. The summed E-state index contributed by atoms with van der Waals surface area (Å²) in [6.07, 6.45) is 1.35. The number of ether oxygens (including phenoxy) is 1. The minimum absolute atomic E-state index is 0.109. The van der Waals surface area contributed by atoms with Crippen LogP contribution in [0, 0.1) is 0 Å². The lowest BCUT2D eigenvalue weighted by Crippen LogP contribution is -3.07. The van der Waals surface area contributed by atoms with Gasteiger partial charge < -0.3 is 15.0 Å². The summed E-state index contributed by atoms with van der Waals surface area (Å²) >= 11 is 1.70. The van der Waals surface area contributed by atoms with E-state index < -0.39 is 0 Å². The Morgan fingerprint density at radius 1 is 1.26 bits per heavy atom. The predicted octanol–water partition coefficient (Wildman–Crippen LogP) is 1.69. The maximum absolute atomic E-state index is 12.1. The fraction of sp³-hybridized carbons (Fsp3) is 0.389. The van der Waals surface area contributed by atoms with Crippen LogP contribution < -0.4 is 15.0 Å². The lowest BCUT2D eigenvalue weighted by Gasteiger charge is -2.22. The molecule has 0 saturated carbocycles. The van der Waals surface area contributed by atoms with Gasteiger partial charge in [0.05, 0.1) is 27.7 Å². The number of hydrogen-bond donors (Lipinski definition) is 2. The number of carbonyl (C=O) groups is 1. The summed E-state index contributed by atoms with van der Waals surface area (Å²) in [6.45, 7) is 0.637. The zero-order valence-corrected chi connectivity index (χ0v) is 14.8. The molecule has 2 N–H and O–H groups in total. The molecule has 4 nitrogen and oxygen atoms in total. The van der Waals surface area contributed by atoms with E-state index in [-0.39, 0.29) is 11.9 Å². The van der Waals surface area contributed by atoms with Gasteiger partial charge in [-0.1, -0.05) is 6.07 Å². The molecule has 0 aliphatic carbocycles. The van der Waals surface area contributed by atoms with Crippen LogP contribution >= 0.6 is 11.3 Å². The van der Waals surface area contributed by atoms with E-state index in [2.05, 4.69) is 37.6 Å². The Morgan fingerprint density at radius 2 is 2.00 bits per heavy atom. The lowest BCUT2D eigenvalue weighted by molar-refractivity contribution is -0.890. The number of methoxy groups -OCH3 is 1. The van der Waals surface area contributed by atoms with E-state index in [1.54, 1.807) is 18.4 Å². The second-order valence-corrected chi connectivity index (χ2v) is 6.82. The van der Waals surface area contributed by atoms with Crippen LogP contribution in [0.2, 0.25) is 0 Å². The van der Waals surface area contributed by atoms with Crippen LogP contribution in [0.5, 0.6) is 5.75 Å². The van der Waals surface area contributed by atoms with Crippen molar-refractivity contribution in [3.05, 3.63) is 52.2 Å². The standard InChI is InChI=1S/C18H24N2O2S/c1-20(2)17(14-6-8-15(22-3)9-7-14)13-19-18(21)11-10-16-5-4-12-23-16/h4-9,12,17H,10-11,13H2,1-3H3,(H,19,21)/p+1/t17-/m0/s1. The fourth-order valence-electron chi connectivity index (χ4n) is 2.49. The number of quaternary nitrogens is 1. The minimum atomic E-state index is 0.109. The molecule has 1 aromatic heterocycles. The number of hydrogen-bond acceptors (Lipinski definition) is 3. The van der Waals surface area contributed by atoms with Crippen LogP contribution in [-0.4, -0.2) is 33.7 Å². The Kier molecular flexibility index (Phi) is 6.62. The summed E-state index contributed by atoms with van der Waals surface area (Å²) in [7, 11) is 5.87. The first-order chi connectivity index (χ1) is 11.1. The topological polar surface area (TPSA) is 42.8 Å². The third kappa shape index (κ3) is 5.37. The second-order valence-electron chi connectivity index (χ2n) is 5.79. The second kappa shape index (κ2) is 8.70. The highest BCUT2D eigenvalue weighted by molar-refractivity contribution is 7.09. The normalized spacial score (nSPS) is 12.2. The molecule has 0 fully saturated rings. The molecule has 1 atom stereocenters. The minimum Gasteiger partial charge on any atom is -0.497 e. The number of nitrogens with one attached hydrogen (secondary N) is 2. The molecule has 1 aromatic carbocycles. The van der Waals surface area contributed by atoms with E-state index in [1.165, 1.54) is 15.3 Å². The van der Waals surface area contributed by atoms with Gasteiger partial charge in [0.25, 0.3) is 0 Å². The zero-order chi connectivity index (χ0) is 16.7. The van der Waals surface area contributed by atoms with Crippen molar-refractivity contribution in [2.45, 2.75) is 18.9 Å². The molecule has 23 heavy (non-hydrogen) atoms. The van der Waals surface area contributed by atoms with Gasteiger partial charge in [-0.05, 0) is 42.1 Å². The van der Waals surface area contributed by atoms with Gasteiger partial charge in [0, 0.05) is 16.9 Å². The van der Waals surface area contributed by atoms with Crippen molar-refractivity contribution in [3.8, 4) is 5.75 Å². The first kappa shape index (κ1) is 17.5. The van der Waals surface area contributed by atoms with E-state index in [0.29, 0.717) is 13.0 Å². The SMILES string of the molecule is COc1ccc([C@H](CNC(=O)CCc2cccs2)[NH+](C)C)cc1. The molecule has 5 heteroatoms. The van der Waals surface area contributed by atoms with E-state index in [1.807, 2.05) is 23.6 Å². The van der Waals surface area contributed by atoms with Gasteiger partial charge in [-0.3, -0.25) is 4.79 Å². The average molecular weight is 333 g/mol. The third-order valence-electron chi connectivity index (χ3n) is 3.90. The number of thiophene rings is 1. The van der Waals surface area contributed by atoms with Crippen LogP contribution in [0.4, 0.5) is 0 Å². The van der Waals surface area contributed by atoms with E-state index in [9.17, 15) is 4.79 Å². The summed E-state index contributed by atoms with van der Waals surface area (Å²) in [5.74, 6) is 0.958. The molecule has 0 saturated heterocycles. The molecule has 0 bridgehead atoms. The quantitative estimate of drug-likeness (QED) is 0.772. The Labute approximate surface area is 142 Å². The van der Waals surface area contributed by atoms with Gasteiger partial charge in [0.1, 0.15) is 11.8 Å². The molecule has 2 aromatic rings. The van der Waals surface area contributed by atoms with Gasteiger partial charge >= 0.3 is 0 Å². The van der Waals surface area contributed by atoms with Gasteiger partial charge in [0.2, 0.25) is 5.91 Å². The van der Waals surface area contributed by atoms with Crippen LogP contribution in [0.3, 0.4) is 0 Å². The van der Waals surface area contributed by atoms with Gasteiger partial charge in [-0.15, -0.1) is 11.3 Å². The lowest BCUT2D eigenvalue weighted by atomic mass is 10.1. The molecule has 0 unspecified atom stereocenters. The fourth-order valence-corrected chi connectivity index (χ4v) is 3.20. The van der Waals surface area contributed by atoms with Crippen LogP contribution in [-0.2, 0) is 11.2 Å². The smallest absolute Gasteiger partial charge is 0.220 e. The number of rotatable bonds is 8. The Bertz CT molecular complexity index is 594. The van der Waals surface area contributed by atoms with Crippen LogP contribution in [0.15, 0.2) is 41.8 Å². The van der Waals surface area contributed by atoms with Crippen molar-refractivity contribution in [2.24, 2.45) is 0 Å². The third-order valence-corrected chi connectivity index (χ3v) is 4.83. The van der Waals surface area contributed by atoms with Gasteiger partial charge in [-0.2, -0.15) is 0 Å². The average Bonchev–Trinajstić information content (AvgIpc) is 3.07. The van der Waals surface area contributed by atoms with Crippen molar-refractivity contribution in [1.82, 2.24) is 5.32 Å². The Hall–Kier alpha value is -1.85. The highest BCUT2D eigenvalue weighted by Gasteiger charge is 2.18. The van der Waals surface area contributed by atoms with Crippen molar-refractivity contribution in [2.75, 3.05) is 27.7 Å². The van der Waals surface area contributed by atoms with Crippen molar-refractivity contribution < 1.29 is 14.4 Å². The molecular formula is C18H25N2O2S+. The number of carbonyl (C=O) groups excluding carboxylic acids is 1. The summed E-state index contributed by atoms with van der Waals surface area (Å²) in [5, 5.41) is 5.11. The zero-order valence-electron chi connectivity index (χ0n) is 14.0. The molecule has 1 heterocycles. The monoisotopic (exact) mass is 333 g/mol. The largest absolute Gasteiger partial charge is 0.497 e. The molecular weight excluding hydrogens is 308 g/mol. The van der Waals surface area contributed by atoms with Crippen LogP contribution in [0.1, 0.15) is 22.9 Å². The molecule has 2 rings (SSSR count). The predicted molar refractivity (Wildman–Crippen MR) is 94.2 cm³/mol. The number of aryl methyl sites for hydroxylation is 1. The first-order valence-corrected chi connectivity index (χ1v) is 8.71. The highest BCUT2D eigenvalue weighted by atomic mass is 32.1. The van der Waals surface area contributed by atoms with Crippen LogP contribution in [0.25, 0.3) is 0 Å². The van der Waals surface area contributed by atoms with Gasteiger partial charge in [0.15, 0.2) is 0 Å². The number of benzene rings is 1. The van der Waals surface area contributed by atoms with Crippen molar-refractivity contribution in [1.29, 1.82) is 0 Å². The van der Waals surface area contributed by atoms with E-state index in [0.717, 1.165) is 12.2 Å². The summed E-state index contributed by atoms with van der Waals surface area (Å²) in [4.78, 5) is 14.6. The molecule has 0 spiro atoms. The van der Waals surface area contributed by atoms with E-state index >= 15 is 0 Å². The van der Waals surface area contributed by atoms with Crippen molar-refractivity contribution >= 4 is 17.2 Å². The van der Waals surface area contributed by atoms with Gasteiger partial charge in [-0.25, -0.2) is 0 Å². The summed E-state index contributed by atoms with van der Waals surface area (Å²) < 4.78 is 5.20. The number of amides is 1.